The Bertz CT molecular complexity index is 1120. The van der Waals surface area contributed by atoms with Gasteiger partial charge in [0.15, 0.2) is 0 Å². The van der Waals surface area contributed by atoms with Crippen LogP contribution in [-0.2, 0) is 17.6 Å². The van der Waals surface area contributed by atoms with Gasteiger partial charge in [0.05, 0.1) is 12.6 Å². The molecule has 0 spiro atoms. The second-order valence-electron chi connectivity index (χ2n) is 7.84. The molecule has 5 nitrogen and oxygen atoms in total. The Hall–Kier alpha value is -3.08. The molecule has 1 aliphatic carbocycles. The van der Waals surface area contributed by atoms with Gasteiger partial charge in [0, 0.05) is 23.2 Å². The smallest absolute Gasteiger partial charge is 0.336 e. The van der Waals surface area contributed by atoms with Gasteiger partial charge >= 0.3 is 5.63 Å². The van der Waals surface area contributed by atoms with Gasteiger partial charge in [0.2, 0.25) is 5.91 Å². The number of hydrogen-bond acceptors (Lipinski definition) is 4. The molecule has 4 rings (SSSR count). The van der Waals surface area contributed by atoms with Gasteiger partial charge in [0.25, 0.3) is 0 Å². The first-order valence-electron chi connectivity index (χ1n) is 10.2. The van der Waals surface area contributed by atoms with Gasteiger partial charge in [-0.2, -0.15) is 0 Å². The molecule has 0 radical (unpaired) electrons. The van der Waals surface area contributed by atoms with Gasteiger partial charge in [-0.05, 0) is 73.9 Å². The highest BCUT2D eigenvalue weighted by molar-refractivity contribution is 5.85. The summed E-state index contributed by atoms with van der Waals surface area (Å²) in [6, 6.07) is 13.5. The number of amides is 1. The van der Waals surface area contributed by atoms with Gasteiger partial charge in [-0.1, -0.05) is 18.2 Å². The van der Waals surface area contributed by atoms with E-state index < -0.39 is 0 Å². The summed E-state index contributed by atoms with van der Waals surface area (Å²) in [5.41, 5.74) is 5.76. The van der Waals surface area contributed by atoms with Crippen molar-refractivity contribution >= 4 is 22.6 Å². The molecule has 1 unspecified atom stereocenters. The fraction of sp³-hybridized carbons (Fsp3) is 0.333. The third kappa shape index (κ3) is 4.34. The zero-order chi connectivity index (χ0) is 20.4. The Morgan fingerprint density at radius 3 is 2.69 bits per heavy atom. The number of carbonyl (C=O) groups excluding carboxylic acids is 1. The second kappa shape index (κ2) is 8.11. The molecule has 0 saturated heterocycles. The molecule has 1 amide bonds. The van der Waals surface area contributed by atoms with Crippen LogP contribution in [0.3, 0.4) is 0 Å². The number of aryl methyl sites for hydroxylation is 3. The van der Waals surface area contributed by atoms with Crippen molar-refractivity contribution in [3.63, 3.8) is 0 Å². The monoisotopic (exact) mass is 390 g/mol. The predicted octanol–water partition coefficient (Wildman–Crippen LogP) is 4.27. The molecule has 1 atom stereocenters. The molecule has 2 aromatic carbocycles. The van der Waals surface area contributed by atoms with Gasteiger partial charge < -0.3 is 15.1 Å². The van der Waals surface area contributed by atoms with Gasteiger partial charge in [0.1, 0.15) is 5.58 Å². The van der Waals surface area contributed by atoms with Gasteiger partial charge in [-0.3, -0.25) is 4.79 Å². The number of benzene rings is 2. The summed E-state index contributed by atoms with van der Waals surface area (Å²) >= 11 is 0. The fourth-order valence-electron chi connectivity index (χ4n) is 4.02. The molecule has 3 aromatic rings. The minimum absolute atomic E-state index is 0.0474. The fourth-order valence-corrected chi connectivity index (χ4v) is 4.02. The highest BCUT2D eigenvalue weighted by Crippen LogP contribution is 2.25. The highest BCUT2D eigenvalue weighted by atomic mass is 16.4. The molecule has 1 aromatic heterocycles. The van der Waals surface area contributed by atoms with Crippen molar-refractivity contribution in [2.24, 2.45) is 0 Å². The summed E-state index contributed by atoms with van der Waals surface area (Å²) in [6.07, 6.45) is 4.79. The quantitative estimate of drug-likeness (QED) is 0.638. The maximum absolute atomic E-state index is 12.4. The standard InChI is InChI=1S/C24H26N2O3/c1-15-11-24(28)29-22-13-20(9-10-21(15)22)25-14-23(27)26-16(2)18-8-7-17-5-3-4-6-19(17)12-18/h7-13,16,25H,3-6,14H2,1-2H3,(H,26,27). The summed E-state index contributed by atoms with van der Waals surface area (Å²) < 4.78 is 5.26. The number of carbonyl (C=O) groups is 1. The van der Waals surface area contributed by atoms with E-state index in [9.17, 15) is 9.59 Å². The van der Waals surface area contributed by atoms with Crippen LogP contribution in [0.4, 0.5) is 5.69 Å². The molecular weight excluding hydrogens is 364 g/mol. The molecule has 29 heavy (non-hydrogen) atoms. The van der Waals surface area contributed by atoms with Crippen LogP contribution in [0, 0.1) is 6.92 Å². The Kier molecular flexibility index (Phi) is 5.38. The first-order chi connectivity index (χ1) is 14.0. The van der Waals surface area contributed by atoms with E-state index >= 15 is 0 Å². The minimum Gasteiger partial charge on any atom is -0.423 e. The van der Waals surface area contributed by atoms with Crippen LogP contribution in [0.25, 0.3) is 11.0 Å². The SMILES string of the molecule is Cc1cc(=O)oc2cc(NCC(=O)NC(C)c3ccc4c(c3)CCCC4)ccc12. The Balaban J connectivity index is 1.38. The lowest BCUT2D eigenvalue weighted by atomic mass is 9.89. The zero-order valence-electron chi connectivity index (χ0n) is 16.9. The number of rotatable bonds is 5. The lowest BCUT2D eigenvalue weighted by Gasteiger charge is -2.20. The predicted molar refractivity (Wildman–Crippen MR) is 115 cm³/mol. The number of anilines is 1. The first-order valence-corrected chi connectivity index (χ1v) is 10.2. The molecule has 5 heteroatoms. The lowest BCUT2D eigenvalue weighted by Crippen LogP contribution is -2.32. The molecule has 1 aliphatic rings. The van der Waals surface area contributed by atoms with Crippen molar-refractivity contribution in [2.75, 3.05) is 11.9 Å². The third-order valence-electron chi connectivity index (χ3n) is 5.65. The molecule has 2 N–H and O–H groups in total. The van der Waals surface area contributed by atoms with E-state index in [1.165, 1.54) is 30.0 Å². The summed E-state index contributed by atoms with van der Waals surface area (Å²) in [4.78, 5) is 24.0. The average Bonchev–Trinajstić information content (AvgIpc) is 2.71. The highest BCUT2D eigenvalue weighted by Gasteiger charge is 2.14. The zero-order valence-corrected chi connectivity index (χ0v) is 16.9. The van der Waals surface area contributed by atoms with Crippen molar-refractivity contribution in [2.45, 2.75) is 45.6 Å². The van der Waals surface area contributed by atoms with E-state index in [1.807, 2.05) is 26.0 Å². The van der Waals surface area contributed by atoms with Gasteiger partial charge in [-0.25, -0.2) is 4.79 Å². The maximum Gasteiger partial charge on any atom is 0.336 e. The van der Waals surface area contributed by atoms with Crippen molar-refractivity contribution in [1.82, 2.24) is 5.32 Å². The van der Waals surface area contributed by atoms with Gasteiger partial charge in [-0.15, -0.1) is 0 Å². The molecule has 0 bridgehead atoms. The second-order valence-corrected chi connectivity index (χ2v) is 7.84. The Labute approximate surface area is 170 Å². The van der Waals surface area contributed by atoms with Crippen LogP contribution in [0.15, 0.2) is 51.7 Å². The molecule has 1 heterocycles. The average molecular weight is 390 g/mol. The van der Waals surface area contributed by atoms with Crippen molar-refractivity contribution in [3.8, 4) is 0 Å². The van der Waals surface area contributed by atoms with Crippen LogP contribution in [-0.4, -0.2) is 12.5 Å². The topological polar surface area (TPSA) is 71.3 Å². The van der Waals surface area contributed by atoms with Crippen LogP contribution in [0.1, 0.15) is 48.1 Å². The minimum atomic E-state index is -0.372. The van der Waals surface area contributed by atoms with Crippen molar-refractivity contribution in [3.05, 3.63) is 75.1 Å². The number of nitrogens with one attached hydrogen (secondary N) is 2. The molecule has 0 saturated carbocycles. The normalized spacial score (nSPS) is 14.3. The summed E-state index contributed by atoms with van der Waals surface area (Å²) in [6.45, 7) is 4.04. The number of fused-ring (bicyclic) bond motifs is 2. The molecule has 150 valence electrons. The lowest BCUT2D eigenvalue weighted by molar-refractivity contribution is -0.120. The first kappa shape index (κ1) is 19.2. The molecular formula is C24H26N2O3. The van der Waals surface area contributed by atoms with Crippen LogP contribution < -0.4 is 16.3 Å². The third-order valence-corrected chi connectivity index (χ3v) is 5.65. The van der Waals surface area contributed by atoms with Crippen molar-refractivity contribution in [1.29, 1.82) is 0 Å². The van der Waals surface area contributed by atoms with E-state index in [0.717, 1.165) is 35.0 Å². The number of hydrogen-bond donors (Lipinski definition) is 2. The van der Waals surface area contributed by atoms with E-state index in [1.54, 1.807) is 6.07 Å². The summed E-state index contributed by atoms with van der Waals surface area (Å²) in [5.74, 6) is -0.0824. The molecule has 0 aliphatic heterocycles. The van der Waals surface area contributed by atoms with E-state index in [4.69, 9.17) is 4.42 Å². The maximum atomic E-state index is 12.4. The van der Waals surface area contributed by atoms with Crippen LogP contribution in [0.5, 0.6) is 0 Å². The van der Waals surface area contributed by atoms with E-state index in [2.05, 4.69) is 28.8 Å². The summed E-state index contributed by atoms with van der Waals surface area (Å²) in [5, 5.41) is 7.05. The Morgan fingerprint density at radius 1 is 1.07 bits per heavy atom. The Morgan fingerprint density at radius 2 is 1.86 bits per heavy atom. The summed E-state index contributed by atoms with van der Waals surface area (Å²) in [7, 11) is 0. The largest absolute Gasteiger partial charge is 0.423 e. The van der Waals surface area contributed by atoms with Crippen LogP contribution in [0.2, 0.25) is 0 Å². The molecule has 0 fully saturated rings. The van der Waals surface area contributed by atoms with Crippen molar-refractivity contribution < 1.29 is 9.21 Å². The van der Waals surface area contributed by atoms with E-state index in [-0.39, 0.29) is 24.1 Å². The van der Waals surface area contributed by atoms with Crippen LogP contribution >= 0.6 is 0 Å². The van der Waals surface area contributed by atoms with E-state index in [0.29, 0.717) is 5.58 Å².